The van der Waals surface area contributed by atoms with Crippen LogP contribution in [-0.2, 0) is 11.0 Å². The van der Waals surface area contributed by atoms with Gasteiger partial charge in [-0.2, -0.15) is 0 Å². The molecule has 5 heteroatoms. The molecule has 0 fully saturated rings. The molecule has 0 spiro atoms. The van der Waals surface area contributed by atoms with Gasteiger partial charge >= 0.3 is 0 Å². The SMILES string of the molecule is CC(C)C(C#CSI)NS(=O)C(C)(C)C. The molecule has 0 saturated carbocycles. The van der Waals surface area contributed by atoms with Gasteiger partial charge in [-0.1, -0.05) is 19.8 Å². The molecule has 2 unspecified atom stereocenters. The Morgan fingerprint density at radius 2 is 1.93 bits per heavy atom. The van der Waals surface area contributed by atoms with Crippen LogP contribution >= 0.6 is 30.1 Å². The zero-order chi connectivity index (χ0) is 12.1. The molecule has 0 saturated heterocycles. The van der Waals surface area contributed by atoms with Crippen molar-refractivity contribution in [1.82, 2.24) is 4.72 Å². The lowest BCUT2D eigenvalue weighted by Gasteiger charge is -2.23. The summed E-state index contributed by atoms with van der Waals surface area (Å²) in [6.45, 7) is 10.0. The molecule has 0 aliphatic heterocycles. The van der Waals surface area contributed by atoms with E-state index in [0.717, 1.165) is 0 Å². The minimum absolute atomic E-state index is 0.00711. The number of nitrogens with one attached hydrogen (secondary N) is 1. The Labute approximate surface area is 112 Å². The van der Waals surface area contributed by atoms with Crippen molar-refractivity contribution < 1.29 is 4.21 Å². The molecule has 0 rings (SSSR count). The zero-order valence-electron chi connectivity index (χ0n) is 9.76. The predicted molar refractivity (Wildman–Crippen MR) is 79.0 cm³/mol. The second-order valence-corrected chi connectivity index (χ2v) is 8.22. The van der Waals surface area contributed by atoms with Crippen LogP contribution in [0.1, 0.15) is 34.6 Å². The van der Waals surface area contributed by atoms with E-state index in [1.807, 2.05) is 20.8 Å². The fourth-order valence-electron chi connectivity index (χ4n) is 0.710. The average Bonchev–Trinajstić information content (AvgIpc) is 2.09. The first kappa shape index (κ1) is 15.8. The Hall–Kier alpha value is 0.750. The second-order valence-electron chi connectivity index (χ2n) is 4.54. The molecule has 0 aromatic carbocycles. The molecular formula is C10H18INOS2. The van der Waals surface area contributed by atoms with Gasteiger partial charge in [-0.15, -0.1) is 0 Å². The maximum Gasteiger partial charge on any atom is 0.0981 e. The molecule has 0 aromatic heterocycles. The van der Waals surface area contributed by atoms with E-state index in [1.54, 1.807) is 0 Å². The molecular weight excluding hydrogens is 341 g/mol. The van der Waals surface area contributed by atoms with E-state index in [1.165, 1.54) is 8.93 Å². The molecule has 0 heterocycles. The lowest BCUT2D eigenvalue weighted by molar-refractivity contribution is 0.537. The van der Waals surface area contributed by atoms with E-state index in [2.05, 4.69) is 50.9 Å². The van der Waals surface area contributed by atoms with E-state index >= 15 is 0 Å². The Kier molecular flexibility index (Phi) is 7.51. The highest BCUT2D eigenvalue weighted by atomic mass is 127. The van der Waals surface area contributed by atoms with Crippen molar-refractivity contribution >= 4 is 41.1 Å². The molecule has 0 amide bonds. The van der Waals surface area contributed by atoms with Crippen molar-refractivity contribution in [3.05, 3.63) is 0 Å². The number of hydrogen-bond acceptors (Lipinski definition) is 2. The van der Waals surface area contributed by atoms with Gasteiger partial charge in [-0.25, -0.2) is 8.93 Å². The fraction of sp³-hybridized carbons (Fsp3) is 0.800. The number of rotatable bonds is 3. The maximum absolute atomic E-state index is 11.9. The quantitative estimate of drug-likeness (QED) is 0.620. The Morgan fingerprint density at radius 3 is 2.27 bits per heavy atom. The van der Waals surface area contributed by atoms with E-state index in [9.17, 15) is 4.21 Å². The second kappa shape index (κ2) is 7.15. The topological polar surface area (TPSA) is 29.1 Å². The lowest BCUT2D eigenvalue weighted by Crippen LogP contribution is -2.41. The van der Waals surface area contributed by atoms with Gasteiger partial charge in [-0.05, 0) is 40.9 Å². The van der Waals surface area contributed by atoms with Crippen molar-refractivity contribution in [3.63, 3.8) is 0 Å². The Morgan fingerprint density at radius 1 is 1.40 bits per heavy atom. The minimum Gasteiger partial charge on any atom is -0.242 e. The molecule has 88 valence electrons. The third-order valence-electron chi connectivity index (χ3n) is 1.71. The van der Waals surface area contributed by atoms with Gasteiger partial charge < -0.3 is 0 Å². The number of halogens is 1. The Bertz CT molecular complexity index is 275. The minimum atomic E-state index is -1.06. The first-order chi connectivity index (χ1) is 6.79. The van der Waals surface area contributed by atoms with Crippen molar-refractivity contribution in [1.29, 1.82) is 0 Å². The largest absolute Gasteiger partial charge is 0.242 e. The van der Waals surface area contributed by atoms with Gasteiger partial charge in [0.2, 0.25) is 0 Å². The van der Waals surface area contributed by atoms with Crippen LogP contribution in [-0.4, -0.2) is 15.0 Å². The number of hydrogen-bond donors (Lipinski definition) is 1. The summed E-state index contributed by atoms with van der Waals surface area (Å²) in [5.74, 6) is 3.43. The van der Waals surface area contributed by atoms with Crippen molar-refractivity contribution in [3.8, 4) is 11.2 Å². The highest BCUT2D eigenvalue weighted by Crippen LogP contribution is 2.13. The zero-order valence-corrected chi connectivity index (χ0v) is 13.5. The molecule has 1 N–H and O–H groups in total. The smallest absolute Gasteiger partial charge is 0.0981 e. The van der Waals surface area contributed by atoms with E-state index in [4.69, 9.17) is 0 Å². The van der Waals surface area contributed by atoms with Gasteiger partial charge in [0, 0.05) is 21.2 Å². The lowest BCUT2D eigenvalue weighted by atomic mass is 10.1. The van der Waals surface area contributed by atoms with Crippen LogP contribution in [0.15, 0.2) is 0 Å². The fourth-order valence-corrected chi connectivity index (χ4v) is 2.18. The van der Waals surface area contributed by atoms with Crippen LogP contribution in [0.4, 0.5) is 0 Å². The first-order valence-corrected chi connectivity index (χ1v) is 9.26. The Balaban J connectivity index is 4.50. The summed E-state index contributed by atoms with van der Waals surface area (Å²) in [5.41, 5.74) is 0. The predicted octanol–water partition coefficient (Wildman–Crippen LogP) is 3.11. The van der Waals surface area contributed by atoms with E-state index in [0.29, 0.717) is 5.92 Å². The summed E-state index contributed by atoms with van der Waals surface area (Å²) in [6.07, 6.45) is 0. The van der Waals surface area contributed by atoms with Gasteiger partial charge in [0.05, 0.1) is 21.8 Å². The van der Waals surface area contributed by atoms with Gasteiger partial charge in [0.25, 0.3) is 0 Å². The summed E-state index contributed by atoms with van der Waals surface area (Å²) < 4.78 is 14.7. The van der Waals surface area contributed by atoms with Crippen molar-refractivity contribution in [2.45, 2.75) is 45.4 Å². The molecule has 2 atom stereocenters. The third kappa shape index (κ3) is 6.82. The van der Waals surface area contributed by atoms with Gasteiger partial charge in [0.1, 0.15) is 0 Å². The van der Waals surface area contributed by atoms with E-state index < -0.39 is 11.0 Å². The molecule has 15 heavy (non-hydrogen) atoms. The third-order valence-corrected chi connectivity index (χ3v) is 4.15. The average molecular weight is 359 g/mol. The monoisotopic (exact) mass is 359 g/mol. The summed E-state index contributed by atoms with van der Waals surface area (Å²) in [7, 11) is 0.396. The van der Waals surface area contributed by atoms with Crippen molar-refractivity contribution in [2.75, 3.05) is 0 Å². The van der Waals surface area contributed by atoms with E-state index in [-0.39, 0.29) is 10.8 Å². The van der Waals surface area contributed by atoms with Gasteiger partial charge in [-0.3, -0.25) is 0 Å². The molecule has 0 bridgehead atoms. The van der Waals surface area contributed by atoms with Crippen LogP contribution in [0.5, 0.6) is 0 Å². The van der Waals surface area contributed by atoms with Crippen LogP contribution in [0.2, 0.25) is 0 Å². The molecule has 0 aliphatic carbocycles. The highest BCUT2D eigenvalue weighted by molar-refractivity contribution is 14.2. The maximum atomic E-state index is 11.9. The van der Waals surface area contributed by atoms with Crippen LogP contribution in [0.3, 0.4) is 0 Å². The summed E-state index contributed by atoms with van der Waals surface area (Å²) in [5, 5.41) is 2.94. The summed E-state index contributed by atoms with van der Waals surface area (Å²) >= 11 is 2.13. The first-order valence-electron chi connectivity index (χ1n) is 4.75. The standard InChI is InChI=1S/C10H18INOS2/c1-8(2)9(6-7-14-11)12-15(13)10(3,4)5/h8-9,12H,1-5H3. The molecule has 2 nitrogen and oxygen atoms in total. The normalized spacial score (nSPS) is 15.7. The van der Waals surface area contributed by atoms with Crippen molar-refractivity contribution in [2.24, 2.45) is 5.92 Å². The highest BCUT2D eigenvalue weighted by Gasteiger charge is 2.23. The summed E-state index contributed by atoms with van der Waals surface area (Å²) in [4.78, 5) is 0. The van der Waals surface area contributed by atoms with Gasteiger partial charge in [0.15, 0.2) is 0 Å². The summed E-state index contributed by atoms with van der Waals surface area (Å²) in [6, 6.07) is -0.00711. The van der Waals surface area contributed by atoms with Crippen LogP contribution in [0.25, 0.3) is 0 Å². The van der Waals surface area contributed by atoms with Crippen LogP contribution in [0, 0.1) is 17.1 Å². The molecule has 0 aliphatic rings. The van der Waals surface area contributed by atoms with Crippen LogP contribution < -0.4 is 4.72 Å². The molecule has 0 aromatic rings. The molecule has 0 radical (unpaired) electrons.